The van der Waals surface area contributed by atoms with Gasteiger partial charge in [-0.05, 0) is 55.0 Å². The molecule has 1 unspecified atom stereocenters. The fourth-order valence-electron chi connectivity index (χ4n) is 4.18. The first kappa shape index (κ1) is 26.8. The van der Waals surface area contributed by atoms with Crippen molar-refractivity contribution in [2.45, 2.75) is 46.7 Å². The third-order valence-corrected chi connectivity index (χ3v) is 5.97. The maximum Gasteiger partial charge on any atom is 0.320 e. The first-order chi connectivity index (χ1) is 17.1. The van der Waals surface area contributed by atoms with E-state index < -0.39 is 12.0 Å². The number of benzene rings is 2. The number of nitrogens with two attached hydrogens (primary N) is 2. The molecule has 1 heterocycles. The number of rotatable bonds is 12. The Hall–Kier alpha value is -3.79. The molecular weight excluding hydrogens is 460 g/mol. The summed E-state index contributed by atoms with van der Waals surface area (Å²) in [4.78, 5) is 19.8. The standard InChI is InChI=1S/C26H36N6O4/c1-14(2)10-20(25(33)34)29-8-9-36-23-15(3)11-18(12-21(23)35-5)30-13-17-6-7-19-22(16(17)4)24(27)32-26(28)31-19/h6-7,11-12,14,20,29-30H,8-10,13H2,1-5H3,(H,33,34)(H4,27,28,31,32). The number of nitrogens with one attached hydrogen (secondary N) is 2. The van der Waals surface area contributed by atoms with Gasteiger partial charge in [-0.1, -0.05) is 19.9 Å². The molecule has 36 heavy (non-hydrogen) atoms. The minimum atomic E-state index is -0.853. The second kappa shape index (κ2) is 11.8. The summed E-state index contributed by atoms with van der Waals surface area (Å²) in [5, 5.41) is 16.7. The van der Waals surface area contributed by atoms with Crippen molar-refractivity contribution in [3.05, 3.63) is 41.0 Å². The number of aryl methyl sites for hydroxylation is 2. The summed E-state index contributed by atoms with van der Waals surface area (Å²) < 4.78 is 11.5. The average molecular weight is 497 g/mol. The average Bonchev–Trinajstić information content (AvgIpc) is 2.80. The van der Waals surface area contributed by atoms with Crippen molar-refractivity contribution in [1.82, 2.24) is 15.3 Å². The van der Waals surface area contributed by atoms with Gasteiger partial charge < -0.3 is 36.7 Å². The largest absolute Gasteiger partial charge is 0.493 e. The molecule has 0 saturated heterocycles. The van der Waals surface area contributed by atoms with E-state index in [1.54, 1.807) is 7.11 Å². The van der Waals surface area contributed by atoms with E-state index in [0.717, 1.165) is 27.8 Å². The van der Waals surface area contributed by atoms with E-state index in [9.17, 15) is 9.90 Å². The number of methoxy groups -OCH3 is 1. The van der Waals surface area contributed by atoms with Gasteiger partial charge in [0, 0.05) is 30.2 Å². The summed E-state index contributed by atoms with van der Waals surface area (Å²) in [5.41, 5.74) is 16.4. The number of nitrogens with zero attached hydrogens (tertiary/aromatic N) is 2. The number of nitrogen functional groups attached to an aromatic ring is 2. The van der Waals surface area contributed by atoms with Gasteiger partial charge in [-0.25, -0.2) is 4.98 Å². The molecule has 0 spiro atoms. The van der Waals surface area contributed by atoms with Gasteiger partial charge in [0.25, 0.3) is 0 Å². The number of carbonyl (C=O) groups is 1. The van der Waals surface area contributed by atoms with Gasteiger partial charge in [0.15, 0.2) is 11.5 Å². The van der Waals surface area contributed by atoms with Crippen LogP contribution in [0.15, 0.2) is 24.3 Å². The highest BCUT2D eigenvalue weighted by molar-refractivity contribution is 5.92. The molecule has 0 aliphatic carbocycles. The zero-order valence-electron chi connectivity index (χ0n) is 21.5. The van der Waals surface area contributed by atoms with Crippen LogP contribution in [-0.4, -0.2) is 47.3 Å². The van der Waals surface area contributed by atoms with Crippen LogP contribution in [0.4, 0.5) is 17.5 Å². The SMILES string of the molecule is COc1cc(NCc2ccc3nc(N)nc(N)c3c2C)cc(C)c1OCCNC(CC(C)C)C(=O)O. The van der Waals surface area contributed by atoms with Crippen LogP contribution in [0.1, 0.15) is 37.0 Å². The minimum Gasteiger partial charge on any atom is -0.493 e. The number of hydrogen-bond donors (Lipinski definition) is 5. The van der Waals surface area contributed by atoms with E-state index >= 15 is 0 Å². The molecule has 7 N–H and O–H groups in total. The van der Waals surface area contributed by atoms with Crippen LogP contribution in [0, 0.1) is 19.8 Å². The quantitative estimate of drug-likeness (QED) is 0.235. The zero-order chi connectivity index (χ0) is 26.4. The molecule has 10 nitrogen and oxygen atoms in total. The molecule has 0 aliphatic heterocycles. The topological polar surface area (TPSA) is 158 Å². The van der Waals surface area contributed by atoms with Crippen LogP contribution < -0.4 is 31.6 Å². The second-order valence-electron chi connectivity index (χ2n) is 9.21. The van der Waals surface area contributed by atoms with E-state index in [1.165, 1.54) is 0 Å². The predicted molar refractivity (Wildman–Crippen MR) is 143 cm³/mol. The molecule has 3 aromatic rings. The van der Waals surface area contributed by atoms with Crippen molar-refractivity contribution < 1.29 is 19.4 Å². The van der Waals surface area contributed by atoms with Gasteiger partial charge in [0.2, 0.25) is 5.95 Å². The lowest BCUT2D eigenvalue weighted by molar-refractivity contribution is -0.139. The number of anilines is 3. The summed E-state index contributed by atoms with van der Waals surface area (Å²) in [6.07, 6.45) is 0.558. The lowest BCUT2D eigenvalue weighted by Crippen LogP contribution is -2.39. The van der Waals surface area contributed by atoms with E-state index in [1.807, 2.05) is 52.0 Å². The molecule has 0 saturated carbocycles. The van der Waals surface area contributed by atoms with Crippen molar-refractivity contribution >= 4 is 34.3 Å². The molecule has 1 aromatic heterocycles. The third-order valence-electron chi connectivity index (χ3n) is 5.97. The third kappa shape index (κ3) is 6.45. The lowest BCUT2D eigenvalue weighted by atomic mass is 10.0. The van der Waals surface area contributed by atoms with Crippen molar-refractivity contribution in [1.29, 1.82) is 0 Å². The number of carboxylic acids is 1. The number of carboxylic acid groups (broad SMARTS) is 1. The molecular formula is C26H36N6O4. The summed E-state index contributed by atoms with van der Waals surface area (Å²) >= 11 is 0. The molecule has 0 amide bonds. The molecule has 0 radical (unpaired) electrons. The van der Waals surface area contributed by atoms with E-state index in [-0.39, 0.29) is 11.9 Å². The number of aliphatic carboxylic acids is 1. The molecule has 0 bridgehead atoms. The molecule has 1 atom stereocenters. The Balaban J connectivity index is 1.67. The first-order valence-electron chi connectivity index (χ1n) is 11.9. The zero-order valence-corrected chi connectivity index (χ0v) is 21.5. The minimum absolute atomic E-state index is 0.156. The number of aromatic nitrogens is 2. The predicted octanol–water partition coefficient (Wildman–Crippen LogP) is 3.50. The van der Waals surface area contributed by atoms with Crippen LogP contribution >= 0.6 is 0 Å². The maximum atomic E-state index is 11.4. The highest BCUT2D eigenvalue weighted by Crippen LogP contribution is 2.35. The van der Waals surface area contributed by atoms with E-state index in [2.05, 4.69) is 20.6 Å². The smallest absolute Gasteiger partial charge is 0.320 e. The Bertz CT molecular complexity index is 1230. The molecule has 194 valence electrons. The van der Waals surface area contributed by atoms with Crippen molar-refractivity contribution in [2.24, 2.45) is 5.92 Å². The summed E-state index contributed by atoms with van der Waals surface area (Å²) in [6.45, 7) is 9.22. The van der Waals surface area contributed by atoms with Crippen molar-refractivity contribution in [2.75, 3.05) is 37.0 Å². The van der Waals surface area contributed by atoms with Gasteiger partial charge in [-0.15, -0.1) is 0 Å². The summed E-state index contributed by atoms with van der Waals surface area (Å²) in [7, 11) is 1.59. The highest BCUT2D eigenvalue weighted by Gasteiger charge is 2.18. The van der Waals surface area contributed by atoms with Crippen LogP contribution in [0.5, 0.6) is 11.5 Å². The Kier molecular flexibility index (Phi) is 8.76. The van der Waals surface area contributed by atoms with Gasteiger partial charge >= 0.3 is 5.97 Å². The second-order valence-corrected chi connectivity index (χ2v) is 9.21. The number of ether oxygens (including phenoxy) is 2. The molecule has 10 heteroatoms. The van der Waals surface area contributed by atoms with Gasteiger partial charge in [-0.2, -0.15) is 4.98 Å². The fourth-order valence-corrected chi connectivity index (χ4v) is 4.18. The normalized spacial score (nSPS) is 12.1. The highest BCUT2D eigenvalue weighted by atomic mass is 16.5. The Morgan fingerprint density at radius 3 is 2.58 bits per heavy atom. The van der Waals surface area contributed by atoms with Crippen molar-refractivity contribution in [3.8, 4) is 11.5 Å². The van der Waals surface area contributed by atoms with Gasteiger partial charge in [0.1, 0.15) is 18.5 Å². The molecule has 3 rings (SSSR count). The van der Waals surface area contributed by atoms with Crippen molar-refractivity contribution in [3.63, 3.8) is 0 Å². The van der Waals surface area contributed by atoms with Crippen LogP contribution in [0.25, 0.3) is 10.9 Å². The Morgan fingerprint density at radius 2 is 1.92 bits per heavy atom. The number of hydrogen-bond acceptors (Lipinski definition) is 9. The van der Waals surface area contributed by atoms with Gasteiger partial charge in [0.05, 0.1) is 12.6 Å². The summed E-state index contributed by atoms with van der Waals surface area (Å²) in [6, 6.07) is 7.15. The van der Waals surface area contributed by atoms with Crippen LogP contribution in [0.2, 0.25) is 0 Å². The Morgan fingerprint density at radius 1 is 1.17 bits per heavy atom. The Labute approximate surface area is 211 Å². The lowest BCUT2D eigenvalue weighted by Gasteiger charge is -2.19. The van der Waals surface area contributed by atoms with Gasteiger partial charge in [-0.3, -0.25) is 4.79 Å². The van der Waals surface area contributed by atoms with E-state index in [4.69, 9.17) is 20.9 Å². The van der Waals surface area contributed by atoms with Crippen LogP contribution in [-0.2, 0) is 11.3 Å². The number of fused-ring (bicyclic) bond motifs is 1. The summed E-state index contributed by atoms with van der Waals surface area (Å²) in [5.74, 6) is 1.17. The van der Waals surface area contributed by atoms with Crippen LogP contribution in [0.3, 0.4) is 0 Å². The maximum absolute atomic E-state index is 11.4. The first-order valence-corrected chi connectivity index (χ1v) is 11.9. The molecule has 0 fully saturated rings. The fraction of sp³-hybridized carbons (Fsp3) is 0.423. The monoisotopic (exact) mass is 496 g/mol. The van der Waals surface area contributed by atoms with E-state index in [0.29, 0.717) is 49.0 Å². The molecule has 2 aromatic carbocycles. The molecule has 0 aliphatic rings.